The van der Waals surface area contributed by atoms with E-state index in [1.807, 2.05) is 0 Å². The van der Waals surface area contributed by atoms with Gasteiger partial charge in [-0.2, -0.15) is 0 Å². The Morgan fingerprint density at radius 2 is 2.14 bits per heavy atom. The highest BCUT2D eigenvalue weighted by Crippen LogP contribution is 2.46. The third-order valence-electron chi connectivity index (χ3n) is 5.04. The predicted molar refractivity (Wildman–Crippen MR) is 83.6 cm³/mol. The van der Waals surface area contributed by atoms with E-state index in [2.05, 4.69) is 19.2 Å². The largest absolute Gasteiger partial charge is 0.383 e. The lowest BCUT2D eigenvalue weighted by Crippen LogP contribution is -2.30. The minimum atomic E-state index is 0.276. The molecule has 1 heterocycles. The number of hydrogen-bond donors (Lipinski definition) is 1. The van der Waals surface area contributed by atoms with Gasteiger partial charge in [-0.3, -0.25) is 0 Å². The maximum absolute atomic E-state index is 5.08. The first-order valence-corrected chi connectivity index (χ1v) is 8.19. The number of fused-ring (bicyclic) bond motifs is 1. The number of rotatable bonds is 6. The van der Waals surface area contributed by atoms with Crippen molar-refractivity contribution in [2.24, 2.45) is 5.92 Å². The standard InChI is InChI=1S/C17H27N3O/c1-12-14-10-13(11-18-8-9-21-3)4-5-15(14)20-16(19-12)17(2)6-7-17/h13,18H,4-11H2,1-3H3. The molecule has 0 aliphatic heterocycles. The number of nitrogens with zero attached hydrogens (tertiary/aromatic N) is 2. The molecule has 1 fully saturated rings. The molecule has 0 bridgehead atoms. The number of hydrogen-bond acceptors (Lipinski definition) is 4. The van der Waals surface area contributed by atoms with Gasteiger partial charge in [0.25, 0.3) is 0 Å². The molecule has 21 heavy (non-hydrogen) atoms. The molecule has 0 spiro atoms. The van der Waals surface area contributed by atoms with Gasteiger partial charge < -0.3 is 10.1 Å². The summed E-state index contributed by atoms with van der Waals surface area (Å²) in [6, 6.07) is 0. The van der Waals surface area contributed by atoms with E-state index in [-0.39, 0.29) is 5.41 Å². The molecule has 1 atom stereocenters. The average Bonchev–Trinajstić information content (AvgIpc) is 3.23. The van der Waals surface area contributed by atoms with Crippen molar-refractivity contribution in [3.8, 4) is 0 Å². The van der Waals surface area contributed by atoms with E-state index in [0.29, 0.717) is 5.92 Å². The first-order chi connectivity index (χ1) is 10.1. The van der Waals surface area contributed by atoms with Gasteiger partial charge in [0.2, 0.25) is 0 Å². The van der Waals surface area contributed by atoms with Crippen LogP contribution in [0.2, 0.25) is 0 Å². The summed E-state index contributed by atoms with van der Waals surface area (Å²) >= 11 is 0. The average molecular weight is 289 g/mol. The van der Waals surface area contributed by atoms with E-state index < -0.39 is 0 Å². The maximum atomic E-state index is 5.08. The van der Waals surface area contributed by atoms with Crippen molar-refractivity contribution in [1.29, 1.82) is 0 Å². The van der Waals surface area contributed by atoms with Crippen LogP contribution in [0.4, 0.5) is 0 Å². The van der Waals surface area contributed by atoms with Crippen LogP contribution in [0.1, 0.15) is 49.0 Å². The summed E-state index contributed by atoms with van der Waals surface area (Å²) in [6.45, 7) is 7.25. The first-order valence-electron chi connectivity index (χ1n) is 8.19. The lowest BCUT2D eigenvalue weighted by molar-refractivity contribution is 0.197. The van der Waals surface area contributed by atoms with Gasteiger partial charge in [0.05, 0.1) is 6.61 Å². The Hall–Kier alpha value is -1.00. The van der Waals surface area contributed by atoms with Gasteiger partial charge >= 0.3 is 0 Å². The zero-order valence-corrected chi connectivity index (χ0v) is 13.5. The number of ether oxygens (including phenoxy) is 1. The number of aryl methyl sites for hydroxylation is 2. The Kier molecular flexibility index (Phi) is 4.27. The normalized spacial score (nSPS) is 22.9. The molecule has 4 nitrogen and oxygen atoms in total. The number of aromatic nitrogens is 2. The van der Waals surface area contributed by atoms with Crippen molar-refractivity contribution in [1.82, 2.24) is 15.3 Å². The molecule has 0 amide bonds. The van der Waals surface area contributed by atoms with Crippen molar-refractivity contribution in [2.75, 3.05) is 26.8 Å². The Morgan fingerprint density at radius 3 is 2.86 bits per heavy atom. The van der Waals surface area contributed by atoms with Crippen LogP contribution in [0.25, 0.3) is 0 Å². The minimum Gasteiger partial charge on any atom is -0.383 e. The fourth-order valence-electron chi connectivity index (χ4n) is 3.20. The van der Waals surface area contributed by atoms with Crippen LogP contribution in [-0.4, -0.2) is 36.8 Å². The smallest absolute Gasteiger partial charge is 0.134 e. The molecule has 1 unspecified atom stereocenters. The van der Waals surface area contributed by atoms with E-state index in [1.165, 1.54) is 36.2 Å². The molecule has 2 aliphatic carbocycles. The van der Waals surface area contributed by atoms with Crippen molar-refractivity contribution in [2.45, 2.75) is 51.4 Å². The molecule has 0 radical (unpaired) electrons. The predicted octanol–water partition coefficient (Wildman–Crippen LogP) is 2.18. The monoisotopic (exact) mass is 289 g/mol. The number of methoxy groups -OCH3 is 1. The van der Waals surface area contributed by atoms with E-state index in [1.54, 1.807) is 7.11 Å². The van der Waals surface area contributed by atoms with Crippen LogP contribution in [0.3, 0.4) is 0 Å². The molecule has 1 saturated carbocycles. The van der Waals surface area contributed by atoms with Crippen molar-refractivity contribution in [3.63, 3.8) is 0 Å². The summed E-state index contributed by atoms with van der Waals surface area (Å²) in [5.74, 6) is 1.80. The lowest BCUT2D eigenvalue weighted by atomic mass is 9.85. The fraction of sp³-hybridized carbons (Fsp3) is 0.765. The third-order valence-corrected chi connectivity index (χ3v) is 5.04. The molecule has 1 aromatic rings. The lowest BCUT2D eigenvalue weighted by Gasteiger charge is -2.26. The van der Waals surface area contributed by atoms with Gasteiger partial charge in [0.15, 0.2) is 0 Å². The van der Waals surface area contributed by atoms with Crippen LogP contribution >= 0.6 is 0 Å². The van der Waals surface area contributed by atoms with E-state index in [9.17, 15) is 0 Å². The minimum absolute atomic E-state index is 0.276. The Labute approximate surface area is 127 Å². The molecule has 1 N–H and O–H groups in total. The quantitative estimate of drug-likeness (QED) is 0.815. The molecule has 2 aliphatic rings. The first kappa shape index (κ1) is 14.9. The summed E-state index contributed by atoms with van der Waals surface area (Å²) in [7, 11) is 1.75. The molecule has 1 aromatic heterocycles. The summed E-state index contributed by atoms with van der Waals surface area (Å²) in [5.41, 5.74) is 4.22. The van der Waals surface area contributed by atoms with Crippen molar-refractivity contribution < 1.29 is 4.74 Å². The highest BCUT2D eigenvalue weighted by molar-refractivity contribution is 5.31. The zero-order valence-electron chi connectivity index (χ0n) is 13.5. The fourth-order valence-corrected chi connectivity index (χ4v) is 3.20. The van der Waals surface area contributed by atoms with Crippen LogP contribution in [0.5, 0.6) is 0 Å². The van der Waals surface area contributed by atoms with Crippen molar-refractivity contribution >= 4 is 0 Å². The van der Waals surface area contributed by atoms with Gasteiger partial charge in [0, 0.05) is 30.5 Å². The molecule has 4 heteroatoms. The summed E-state index contributed by atoms with van der Waals surface area (Å²) in [5, 5.41) is 3.49. The summed E-state index contributed by atoms with van der Waals surface area (Å²) in [6.07, 6.45) is 5.96. The van der Waals surface area contributed by atoms with E-state index in [0.717, 1.165) is 38.4 Å². The molecule has 3 rings (SSSR count). The van der Waals surface area contributed by atoms with E-state index >= 15 is 0 Å². The third kappa shape index (κ3) is 3.27. The Bertz CT molecular complexity index is 511. The van der Waals surface area contributed by atoms with Crippen molar-refractivity contribution in [3.05, 3.63) is 22.8 Å². The van der Waals surface area contributed by atoms with Crippen LogP contribution in [-0.2, 0) is 23.0 Å². The second-order valence-corrected chi connectivity index (χ2v) is 6.92. The second-order valence-electron chi connectivity index (χ2n) is 6.92. The highest BCUT2D eigenvalue weighted by atomic mass is 16.5. The highest BCUT2D eigenvalue weighted by Gasteiger charge is 2.42. The van der Waals surface area contributed by atoms with Gasteiger partial charge in [-0.25, -0.2) is 9.97 Å². The van der Waals surface area contributed by atoms with Gasteiger partial charge in [-0.15, -0.1) is 0 Å². The van der Waals surface area contributed by atoms with Gasteiger partial charge in [-0.05, 0) is 57.1 Å². The Balaban J connectivity index is 1.66. The molecule has 0 saturated heterocycles. The molecular formula is C17H27N3O. The topological polar surface area (TPSA) is 47.0 Å². The van der Waals surface area contributed by atoms with Crippen LogP contribution < -0.4 is 5.32 Å². The van der Waals surface area contributed by atoms with Crippen LogP contribution in [0, 0.1) is 12.8 Å². The maximum Gasteiger partial charge on any atom is 0.134 e. The molecule has 0 aromatic carbocycles. The zero-order chi connectivity index (χ0) is 14.9. The second kappa shape index (κ2) is 6.01. The molecular weight excluding hydrogens is 262 g/mol. The molecule has 116 valence electrons. The van der Waals surface area contributed by atoms with Gasteiger partial charge in [-0.1, -0.05) is 6.92 Å². The number of nitrogens with one attached hydrogen (secondary N) is 1. The summed E-state index contributed by atoms with van der Waals surface area (Å²) < 4.78 is 5.08. The summed E-state index contributed by atoms with van der Waals surface area (Å²) in [4.78, 5) is 9.71. The van der Waals surface area contributed by atoms with Gasteiger partial charge in [0.1, 0.15) is 5.82 Å². The Morgan fingerprint density at radius 1 is 1.33 bits per heavy atom. The van der Waals surface area contributed by atoms with E-state index in [4.69, 9.17) is 14.7 Å². The van der Waals surface area contributed by atoms with Crippen LogP contribution in [0.15, 0.2) is 0 Å². The SMILES string of the molecule is COCCNCC1CCc2nc(C3(C)CC3)nc(C)c2C1.